The van der Waals surface area contributed by atoms with Crippen LogP contribution in [0.3, 0.4) is 0 Å². The van der Waals surface area contributed by atoms with Crippen LogP contribution in [0.1, 0.15) is 13.3 Å². The van der Waals surface area contributed by atoms with Gasteiger partial charge in [-0.2, -0.15) is 0 Å². The van der Waals surface area contributed by atoms with E-state index in [9.17, 15) is 9.90 Å². The van der Waals surface area contributed by atoms with Crippen molar-refractivity contribution in [2.45, 2.75) is 19.6 Å². The number of carbonyl (C=O) groups excluding carboxylic acids is 1. The molecule has 19 heavy (non-hydrogen) atoms. The molecular formula is C11H16N4O3S. The second kappa shape index (κ2) is 5.98. The average Bonchev–Trinajstić information content (AvgIpc) is 2.93. The number of nitrogens with zero attached hydrogens (tertiary/aromatic N) is 4. The predicted molar refractivity (Wildman–Crippen MR) is 71.3 cm³/mol. The van der Waals surface area contributed by atoms with Gasteiger partial charge in [0, 0.05) is 6.54 Å². The maximum Gasteiger partial charge on any atom is 0.329 e. The van der Waals surface area contributed by atoms with Crippen LogP contribution in [0.25, 0.3) is 0 Å². The number of aromatic nitrogens is 2. The van der Waals surface area contributed by atoms with E-state index < -0.39 is 6.23 Å². The molecule has 7 nitrogen and oxygen atoms in total. The molecule has 0 bridgehead atoms. The molecular weight excluding hydrogens is 268 g/mol. The first-order valence-electron chi connectivity index (χ1n) is 6.00. The molecule has 0 aromatic carbocycles. The number of aliphatic hydroxyl groups is 1. The minimum absolute atomic E-state index is 0.232. The number of β-amino-alcohol motifs (C(OH)–C–C–N with tert-alkyl or cyclic N) is 1. The fraction of sp³-hybridized carbons (Fsp3) is 0.545. The minimum atomic E-state index is -0.917. The van der Waals surface area contributed by atoms with E-state index in [1.807, 2.05) is 6.92 Å². The van der Waals surface area contributed by atoms with Gasteiger partial charge in [-0.05, 0) is 17.8 Å². The van der Waals surface area contributed by atoms with Crippen molar-refractivity contribution in [3.8, 4) is 5.19 Å². The molecule has 8 heteroatoms. The summed E-state index contributed by atoms with van der Waals surface area (Å²) >= 11 is 1.15. The molecule has 1 aliphatic heterocycles. The fourth-order valence-electron chi connectivity index (χ4n) is 1.70. The first kappa shape index (κ1) is 13.8. The second-order valence-corrected chi connectivity index (χ2v) is 4.94. The molecule has 0 spiro atoms. The number of aliphatic hydroxyl groups excluding tert-OH is 1. The molecule has 104 valence electrons. The van der Waals surface area contributed by atoms with Crippen LogP contribution in [-0.2, 0) is 0 Å². The fourth-order valence-corrected chi connectivity index (χ4v) is 2.46. The highest BCUT2D eigenvalue weighted by Gasteiger charge is 2.38. The molecule has 1 unspecified atom stereocenters. The van der Waals surface area contributed by atoms with Gasteiger partial charge in [0.25, 0.3) is 5.19 Å². The van der Waals surface area contributed by atoms with E-state index in [0.717, 1.165) is 17.8 Å². The average molecular weight is 284 g/mol. The summed E-state index contributed by atoms with van der Waals surface area (Å²) in [6, 6.07) is -0.300. The second-order valence-electron chi connectivity index (χ2n) is 4.03. The monoisotopic (exact) mass is 284 g/mol. The first-order valence-corrected chi connectivity index (χ1v) is 6.82. The number of hydrogen-bond acceptors (Lipinski definition) is 6. The van der Waals surface area contributed by atoms with E-state index in [2.05, 4.69) is 16.8 Å². The van der Waals surface area contributed by atoms with Crippen LogP contribution < -0.4 is 9.64 Å². The third-order valence-corrected chi connectivity index (χ3v) is 3.37. The van der Waals surface area contributed by atoms with Crippen LogP contribution in [-0.4, -0.2) is 52.2 Å². The Morgan fingerprint density at radius 1 is 1.63 bits per heavy atom. The summed E-state index contributed by atoms with van der Waals surface area (Å²) in [7, 11) is 0. The van der Waals surface area contributed by atoms with Gasteiger partial charge in [-0.25, -0.2) is 9.69 Å². The highest BCUT2D eigenvalue weighted by Crippen LogP contribution is 2.30. The SMILES string of the molecule is C=CCN1CC(O)N(c2nnc(OCCC)s2)C1=O. The Morgan fingerprint density at radius 3 is 3.11 bits per heavy atom. The Kier molecular flexibility index (Phi) is 4.33. The van der Waals surface area contributed by atoms with Crippen LogP contribution >= 0.6 is 11.3 Å². The van der Waals surface area contributed by atoms with Crippen molar-refractivity contribution in [2.75, 3.05) is 24.6 Å². The molecule has 2 amide bonds. The lowest BCUT2D eigenvalue weighted by Gasteiger charge is -2.15. The molecule has 0 radical (unpaired) electrons. The smallest absolute Gasteiger partial charge is 0.329 e. The van der Waals surface area contributed by atoms with Gasteiger partial charge in [0.05, 0.1) is 13.2 Å². The van der Waals surface area contributed by atoms with Crippen LogP contribution in [0.2, 0.25) is 0 Å². The van der Waals surface area contributed by atoms with E-state index >= 15 is 0 Å². The van der Waals surface area contributed by atoms with Crippen LogP contribution in [0.15, 0.2) is 12.7 Å². The lowest BCUT2D eigenvalue weighted by Crippen LogP contribution is -2.34. The minimum Gasteiger partial charge on any atom is -0.469 e. The molecule has 1 fully saturated rings. The number of anilines is 1. The zero-order valence-electron chi connectivity index (χ0n) is 10.7. The van der Waals surface area contributed by atoms with Gasteiger partial charge in [0.15, 0.2) is 6.23 Å². The molecule has 0 saturated carbocycles. The Hall–Kier alpha value is -1.67. The van der Waals surface area contributed by atoms with E-state index in [0.29, 0.717) is 23.5 Å². The van der Waals surface area contributed by atoms with Gasteiger partial charge in [-0.3, -0.25) is 0 Å². The van der Waals surface area contributed by atoms with Crippen LogP contribution in [0, 0.1) is 0 Å². The van der Waals surface area contributed by atoms with E-state index in [1.54, 1.807) is 6.08 Å². The number of urea groups is 1. The summed E-state index contributed by atoms with van der Waals surface area (Å²) in [5.41, 5.74) is 0. The Bertz CT molecular complexity index is 465. The standard InChI is InChI=1S/C11H16N4O3S/c1-3-5-14-7-8(16)15(11(14)17)9-12-13-10(19-9)18-6-4-2/h3,8,16H,1,4-7H2,2H3. The third kappa shape index (κ3) is 2.85. The zero-order valence-corrected chi connectivity index (χ0v) is 11.5. The van der Waals surface area contributed by atoms with Crippen LogP contribution in [0.5, 0.6) is 5.19 Å². The van der Waals surface area contributed by atoms with Gasteiger partial charge < -0.3 is 14.7 Å². The topological polar surface area (TPSA) is 78.8 Å². The number of ether oxygens (including phenoxy) is 1. The van der Waals surface area contributed by atoms with Gasteiger partial charge in [0.1, 0.15) is 0 Å². The maximum absolute atomic E-state index is 12.1. The molecule has 2 rings (SSSR count). The zero-order chi connectivity index (χ0) is 13.8. The number of rotatable bonds is 6. The molecule has 1 aliphatic rings. The van der Waals surface area contributed by atoms with Gasteiger partial charge in [-0.1, -0.05) is 18.1 Å². The van der Waals surface area contributed by atoms with E-state index in [1.165, 1.54) is 9.80 Å². The highest BCUT2D eigenvalue weighted by atomic mass is 32.1. The van der Waals surface area contributed by atoms with Crippen molar-refractivity contribution in [3.63, 3.8) is 0 Å². The van der Waals surface area contributed by atoms with Gasteiger partial charge >= 0.3 is 6.03 Å². The molecule has 1 atom stereocenters. The Labute approximate surface area is 115 Å². The number of carbonyl (C=O) groups is 1. The predicted octanol–water partition coefficient (Wildman–Crippen LogP) is 1.07. The van der Waals surface area contributed by atoms with Crippen molar-refractivity contribution in [1.82, 2.24) is 15.1 Å². The van der Waals surface area contributed by atoms with Gasteiger partial charge in [-0.15, -0.1) is 11.7 Å². The molecule has 1 saturated heterocycles. The summed E-state index contributed by atoms with van der Waals surface area (Å²) in [6.45, 7) is 6.74. The van der Waals surface area contributed by atoms with Crippen LogP contribution in [0.4, 0.5) is 9.93 Å². The van der Waals surface area contributed by atoms with Crippen molar-refractivity contribution < 1.29 is 14.6 Å². The number of hydrogen-bond donors (Lipinski definition) is 1. The maximum atomic E-state index is 12.1. The molecule has 0 aliphatic carbocycles. The van der Waals surface area contributed by atoms with Crippen molar-refractivity contribution in [2.24, 2.45) is 0 Å². The molecule has 1 aromatic rings. The third-order valence-electron chi connectivity index (χ3n) is 2.54. The van der Waals surface area contributed by atoms with E-state index in [4.69, 9.17) is 4.74 Å². The first-order chi connectivity index (χ1) is 9.17. The number of amides is 2. The lowest BCUT2D eigenvalue weighted by molar-refractivity contribution is 0.180. The van der Waals surface area contributed by atoms with Crippen molar-refractivity contribution >= 4 is 22.5 Å². The Balaban J connectivity index is 2.10. The highest BCUT2D eigenvalue weighted by molar-refractivity contribution is 7.17. The molecule has 1 aromatic heterocycles. The summed E-state index contributed by atoms with van der Waals surface area (Å²) in [5, 5.41) is 18.4. The summed E-state index contributed by atoms with van der Waals surface area (Å²) in [5.74, 6) is 0. The molecule has 2 heterocycles. The summed E-state index contributed by atoms with van der Waals surface area (Å²) < 4.78 is 5.34. The van der Waals surface area contributed by atoms with Crippen molar-refractivity contribution in [3.05, 3.63) is 12.7 Å². The van der Waals surface area contributed by atoms with Crippen molar-refractivity contribution in [1.29, 1.82) is 0 Å². The Morgan fingerprint density at radius 2 is 2.42 bits per heavy atom. The van der Waals surface area contributed by atoms with Gasteiger partial charge in [0.2, 0.25) is 5.13 Å². The quantitative estimate of drug-likeness (QED) is 0.791. The lowest BCUT2D eigenvalue weighted by atomic mass is 10.5. The molecule has 1 N–H and O–H groups in total. The largest absolute Gasteiger partial charge is 0.469 e. The summed E-state index contributed by atoms with van der Waals surface area (Å²) in [6.07, 6.45) is 1.57. The normalized spacial score (nSPS) is 19.1. The van der Waals surface area contributed by atoms with E-state index in [-0.39, 0.29) is 12.6 Å². The summed E-state index contributed by atoms with van der Waals surface area (Å²) in [4.78, 5) is 14.8.